The highest BCUT2D eigenvalue weighted by Crippen LogP contribution is 2.10. The summed E-state index contributed by atoms with van der Waals surface area (Å²) in [6, 6.07) is 13.7. The number of carboxylic acid groups (broad SMARTS) is 1. The Morgan fingerprint density at radius 1 is 1.00 bits per heavy atom. The van der Waals surface area contributed by atoms with E-state index in [-0.39, 0.29) is 11.3 Å². The molecule has 0 aromatic heterocycles. The summed E-state index contributed by atoms with van der Waals surface area (Å²) in [6.45, 7) is 1.06. The van der Waals surface area contributed by atoms with Crippen LogP contribution >= 0.6 is 0 Å². The summed E-state index contributed by atoms with van der Waals surface area (Å²) in [5.74, 6) is -2.60. The number of sulfone groups is 1. The number of esters is 1. The smallest absolute Gasteiger partial charge is 0.335 e. The second kappa shape index (κ2) is 9.29. The van der Waals surface area contributed by atoms with Crippen molar-refractivity contribution in [1.29, 1.82) is 0 Å². The molecule has 0 aliphatic carbocycles. The molecule has 7 nitrogen and oxygen atoms in total. The maximum Gasteiger partial charge on any atom is 0.335 e. The number of methoxy groups -OCH3 is 1. The Kier molecular flexibility index (Phi) is 7.09. The molecule has 0 saturated carbocycles. The molecule has 8 heteroatoms. The predicted octanol–water partition coefficient (Wildman–Crippen LogP) is 1.76. The molecule has 2 aromatic carbocycles. The van der Waals surface area contributed by atoms with Crippen molar-refractivity contribution in [2.45, 2.75) is 18.8 Å². The van der Waals surface area contributed by atoms with Gasteiger partial charge < -0.3 is 15.2 Å². The van der Waals surface area contributed by atoms with Crippen molar-refractivity contribution in [3.63, 3.8) is 0 Å². The van der Waals surface area contributed by atoms with E-state index in [1.54, 1.807) is 30.3 Å². The van der Waals surface area contributed by atoms with Crippen LogP contribution in [-0.2, 0) is 38.2 Å². The summed E-state index contributed by atoms with van der Waals surface area (Å²) in [5.41, 5.74) is 2.66. The lowest BCUT2D eigenvalue weighted by Gasteiger charge is -2.08. The van der Waals surface area contributed by atoms with Gasteiger partial charge in [-0.2, -0.15) is 0 Å². The van der Waals surface area contributed by atoms with E-state index in [0.717, 1.165) is 18.2 Å². The zero-order valence-electron chi connectivity index (χ0n) is 14.8. The number of ether oxygens (including phenoxy) is 1. The van der Waals surface area contributed by atoms with Crippen LogP contribution in [0.5, 0.6) is 0 Å². The van der Waals surface area contributed by atoms with Crippen molar-refractivity contribution in [2.24, 2.45) is 0 Å². The van der Waals surface area contributed by atoms with E-state index < -0.39 is 27.5 Å². The van der Waals surface area contributed by atoms with Crippen molar-refractivity contribution in [3.8, 4) is 0 Å². The summed E-state index contributed by atoms with van der Waals surface area (Å²) in [6.07, 6.45) is 0. The molecule has 0 heterocycles. The van der Waals surface area contributed by atoms with Gasteiger partial charge in [0, 0.05) is 13.1 Å². The Labute approximate surface area is 157 Å². The van der Waals surface area contributed by atoms with Gasteiger partial charge in [-0.3, -0.25) is 4.79 Å². The minimum absolute atomic E-state index is 0.224. The normalized spacial score (nSPS) is 11.1. The molecule has 0 amide bonds. The van der Waals surface area contributed by atoms with Gasteiger partial charge in [-0.25, -0.2) is 13.2 Å². The number of aromatic carboxylic acids is 1. The van der Waals surface area contributed by atoms with Crippen LogP contribution in [0.1, 0.15) is 27.0 Å². The van der Waals surface area contributed by atoms with E-state index in [9.17, 15) is 18.0 Å². The molecule has 0 unspecified atom stereocenters. The van der Waals surface area contributed by atoms with Gasteiger partial charge in [-0.15, -0.1) is 0 Å². The first kappa shape index (κ1) is 20.6. The fourth-order valence-corrected chi connectivity index (χ4v) is 3.74. The van der Waals surface area contributed by atoms with Crippen molar-refractivity contribution < 1.29 is 27.9 Å². The van der Waals surface area contributed by atoms with Crippen molar-refractivity contribution in [1.82, 2.24) is 5.32 Å². The average molecular weight is 391 g/mol. The largest absolute Gasteiger partial charge is 0.478 e. The molecular weight excluding hydrogens is 370 g/mol. The molecule has 0 bridgehead atoms. The summed E-state index contributed by atoms with van der Waals surface area (Å²) >= 11 is 0. The lowest BCUT2D eigenvalue weighted by molar-refractivity contribution is -0.137. The Balaban J connectivity index is 1.88. The second-order valence-corrected chi connectivity index (χ2v) is 8.10. The van der Waals surface area contributed by atoms with Crippen LogP contribution in [0.4, 0.5) is 0 Å². The van der Waals surface area contributed by atoms with Gasteiger partial charge in [-0.05, 0) is 28.8 Å². The molecule has 0 saturated heterocycles. The van der Waals surface area contributed by atoms with Crippen LogP contribution in [0.2, 0.25) is 0 Å². The van der Waals surface area contributed by atoms with Crippen molar-refractivity contribution >= 4 is 21.8 Å². The standard InChI is InChI=1S/C19H21NO6S/c1-26-18(21)13-27(24,25)12-15-7-5-14(6-8-15)10-20-11-16-3-2-4-17(9-16)19(22)23/h2-9,20H,10-13H2,1H3,(H,22,23). The molecule has 0 spiro atoms. The Bertz CT molecular complexity index is 906. The first-order chi connectivity index (χ1) is 12.8. The number of carbonyl (C=O) groups is 2. The van der Waals surface area contributed by atoms with Gasteiger partial charge in [0.05, 0.1) is 18.4 Å². The molecule has 0 atom stereocenters. The molecule has 144 valence electrons. The first-order valence-corrected chi connectivity index (χ1v) is 9.99. The first-order valence-electron chi connectivity index (χ1n) is 8.17. The fourth-order valence-electron chi connectivity index (χ4n) is 2.46. The summed E-state index contributed by atoms with van der Waals surface area (Å²) in [5, 5.41) is 12.2. The fraction of sp³-hybridized carbons (Fsp3) is 0.263. The van der Waals surface area contributed by atoms with Gasteiger partial charge in [-0.1, -0.05) is 36.4 Å². The minimum atomic E-state index is -3.56. The average Bonchev–Trinajstić information content (AvgIpc) is 2.62. The van der Waals surface area contributed by atoms with Gasteiger partial charge in [0.25, 0.3) is 0 Å². The highest BCUT2D eigenvalue weighted by atomic mass is 32.2. The Morgan fingerprint density at radius 2 is 1.63 bits per heavy atom. The number of hydrogen-bond donors (Lipinski definition) is 2. The van der Waals surface area contributed by atoms with Gasteiger partial charge in [0.2, 0.25) is 0 Å². The van der Waals surface area contributed by atoms with Gasteiger partial charge in [0.15, 0.2) is 9.84 Å². The Morgan fingerprint density at radius 3 is 2.26 bits per heavy atom. The number of nitrogens with one attached hydrogen (secondary N) is 1. The van der Waals surface area contributed by atoms with Crippen LogP contribution in [0.3, 0.4) is 0 Å². The number of carboxylic acids is 1. The lowest BCUT2D eigenvalue weighted by atomic mass is 10.1. The number of rotatable bonds is 9. The van der Waals surface area contributed by atoms with Crippen LogP contribution in [-0.4, -0.2) is 38.3 Å². The van der Waals surface area contributed by atoms with Crippen LogP contribution in [0, 0.1) is 0 Å². The van der Waals surface area contributed by atoms with Crippen LogP contribution < -0.4 is 5.32 Å². The van der Waals surface area contributed by atoms with Crippen molar-refractivity contribution in [2.75, 3.05) is 12.9 Å². The molecular formula is C19H21NO6S. The van der Waals surface area contributed by atoms with Gasteiger partial charge >= 0.3 is 11.9 Å². The van der Waals surface area contributed by atoms with Crippen molar-refractivity contribution in [3.05, 3.63) is 70.8 Å². The SMILES string of the molecule is COC(=O)CS(=O)(=O)Cc1ccc(CNCc2cccc(C(=O)O)c2)cc1. The third-order valence-electron chi connectivity index (χ3n) is 3.81. The minimum Gasteiger partial charge on any atom is -0.478 e. The molecule has 0 aliphatic rings. The van der Waals surface area contributed by atoms with E-state index >= 15 is 0 Å². The maximum atomic E-state index is 11.9. The Hall–Kier alpha value is -2.71. The number of benzene rings is 2. The van der Waals surface area contributed by atoms with Crippen LogP contribution in [0.25, 0.3) is 0 Å². The van der Waals surface area contributed by atoms with E-state index in [1.807, 2.05) is 18.2 Å². The quantitative estimate of drug-likeness (QED) is 0.627. The zero-order valence-corrected chi connectivity index (χ0v) is 15.7. The third-order valence-corrected chi connectivity index (χ3v) is 5.26. The van der Waals surface area contributed by atoms with E-state index in [1.165, 1.54) is 0 Å². The van der Waals surface area contributed by atoms with E-state index in [2.05, 4.69) is 10.1 Å². The highest BCUT2D eigenvalue weighted by molar-refractivity contribution is 7.91. The van der Waals surface area contributed by atoms with E-state index in [4.69, 9.17) is 5.11 Å². The monoisotopic (exact) mass is 391 g/mol. The zero-order chi connectivity index (χ0) is 19.9. The maximum absolute atomic E-state index is 11.9. The topological polar surface area (TPSA) is 110 Å². The number of hydrogen-bond acceptors (Lipinski definition) is 6. The van der Waals surface area contributed by atoms with Gasteiger partial charge in [0.1, 0.15) is 5.75 Å². The molecule has 0 fully saturated rings. The molecule has 0 radical (unpaired) electrons. The highest BCUT2D eigenvalue weighted by Gasteiger charge is 2.17. The summed E-state index contributed by atoms with van der Waals surface area (Å²) in [7, 11) is -2.41. The molecule has 2 N–H and O–H groups in total. The lowest BCUT2D eigenvalue weighted by Crippen LogP contribution is -2.18. The third kappa shape index (κ3) is 6.84. The predicted molar refractivity (Wildman–Crippen MR) is 99.9 cm³/mol. The molecule has 2 aromatic rings. The van der Waals surface area contributed by atoms with Crippen LogP contribution in [0.15, 0.2) is 48.5 Å². The number of carbonyl (C=O) groups excluding carboxylic acids is 1. The second-order valence-electron chi connectivity index (χ2n) is 6.03. The molecule has 2 rings (SSSR count). The molecule has 27 heavy (non-hydrogen) atoms. The summed E-state index contributed by atoms with van der Waals surface area (Å²) < 4.78 is 28.2. The summed E-state index contributed by atoms with van der Waals surface area (Å²) in [4.78, 5) is 22.1. The van der Waals surface area contributed by atoms with E-state index in [0.29, 0.717) is 18.7 Å². The molecule has 0 aliphatic heterocycles.